The molecule has 1 aliphatic carbocycles. The molecule has 5 heterocycles. The summed E-state index contributed by atoms with van der Waals surface area (Å²) in [7, 11) is 3.34. The number of likely N-dealkylation sites (N-methyl/N-ethyl adjacent to an activating group) is 1. The molecule has 0 spiro atoms. The Labute approximate surface area is 278 Å². The number of carbonyl (C=O) groups excluding carboxylic acids is 1. The van der Waals surface area contributed by atoms with Crippen molar-refractivity contribution in [2.75, 3.05) is 37.0 Å². The van der Waals surface area contributed by atoms with Crippen molar-refractivity contribution < 1.29 is 14.3 Å². The van der Waals surface area contributed by atoms with Gasteiger partial charge < -0.3 is 28.7 Å². The minimum absolute atomic E-state index is 0.122. The highest BCUT2D eigenvalue weighted by Gasteiger charge is 2.32. The van der Waals surface area contributed by atoms with E-state index in [0.29, 0.717) is 46.1 Å². The van der Waals surface area contributed by atoms with Crippen LogP contribution in [-0.4, -0.2) is 56.3 Å². The summed E-state index contributed by atoms with van der Waals surface area (Å²) in [4.78, 5) is 50.5. The average Bonchev–Trinajstić information content (AvgIpc) is 3.55. The smallest absolute Gasteiger partial charge is 0.302 e. The molecule has 0 radical (unpaired) electrons. The summed E-state index contributed by atoms with van der Waals surface area (Å²) >= 11 is 0. The molecule has 0 atom stereocenters. The molecule has 0 aromatic carbocycles. The number of aryl methyl sites for hydroxylation is 1. The normalized spacial score (nSPS) is 13.5. The fraction of sp³-hybridized carbons (Fsp3) is 0.361. The summed E-state index contributed by atoms with van der Waals surface area (Å²) in [6.45, 7) is 9.88. The van der Waals surface area contributed by atoms with Crippen LogP contribution in [0, 0.1) is 5.41 Å². The van der Waals surface area contributed by atoms with Crippen molar-refractivity contribution in [2.45, 2.75) is 47.1 Å². The molecule has 0 fully saturated rings. The fourth-order valence-electron chi connectivity index (χ4n) is 6.51. The Morgan fingerprint density at radius 1 is 1.08 bits per heavy atom. The third kappa shape index (κ3) is 6.35. The van der Waals surface area contributed by atoms with E-state index in [2.05, 4.69) is 41.0 Å². The highest BCUT2D eigenvalue weighted by atomic mass is 16.5. The van der Waals surface area contributed by atoms with Gasteiger partial charge >= 0.3 is 5.97 Å². The Morgan fingerprint density at radius 3 is 2.60 bits per heavy atom. The highest BCUT2D eigenvalue weighted by Crippen LogP contribution is 2.37. The number of aromatic nitrogens is 5. The molecule has 0 saturated heterocycles. The van der Waals surface area contributed by atoms with Crippen LogP contribution in [0.2, 0.25) is 0 Å². The second-order valence-corrected chi connectivity index (χ2v) is 13.0. The van der Waals surface area contributed by atoms with Crippen LogP contribution in [0.15, 0.2) is 70.9 Å². The quantitative estimate of drug-likeness (QED) is 0.203. The predicted octanol–water partition coefficient (Wildman–Crippen LogP) is 4.65. The van der Waals surface area contributed by atoms with Gasteiger partial charge in [-0.15, -0.1) is 0 Å². The minimum Gasteiger partial charge on any atom is -0.461 e. The lowest BCUT2D eigenvalue weighted by atomic mass is 9.90. The summed E-state index contributed by atoms with van der Waals surface area (Å²) in [6.07, 6.45) is 10.5. The molecular weight excluding hydrogens is 610 g/mol. The van der Waals surface area contributed by atoms with Crippen LogP contribution in [0.4, 0.5) is 17.2 Å². The number of hydrogen-bond acceptors (Lipinski definition) is 9. The molecule has 1 aliphatic rings. The van der Waals surface area contributed by atoms with Crippen LogP contribution in [0.1, 0.15) is 44.5 Å². The molecule has 250 valence electrons. The van der Waals surface area contributed by atoms with Crippen molar-refractivity contribution in [2.24, 2.45) is 12.5 Å². The van der Waals surface area contributed by atoms with E-state index in [9.17, 15) is 14.4 Å². The van der Waals surface area contributed by atoms with Crippen molar-refractivity contribution in [1.82, 2.24) is 23.5 Å². The zero-order chi connectivity index (χ0) is 34.2. The summed E-state index contributed by atoms with van der Waals surface area (Å²) < 4.78 is 15.7. The van der Waals surface area contributed by atoms with Crippen LogP contribution in [0.25, 0.3) is 22.5 Å². The number of esters is 1. The number of carbonyl (C=O) groups is 1. The van der Waals surface area contributed by atoms with Gasteiger partial charge in [0.25, 0.3) is 11.1 Å². The Hall–Kier alpha value is -5.23. The number of fused-ring (bicyclic) bond motifs is 3. The van der Waals surface area contributed by atoms with Gasteiger partial charge in [0.05, 0.1) is 18.5 Å². The number of anilines is 3. The molecule has 6 rings (SSSR count). The Kier molecular flexibility index (Phi) is 8.93. The SMILES string of the molecule is CCN(CCOC)c1ccc(Nc2cc(-c3ccnc(-n4ccn5c6c(cc5c4=O)CC(C)(C)C6)c3COC(C)=O)cn(C)c2=O)nc1. The Bertz CT molecular complexity index is 2110. The van der Waals surface area contributed by atoms with Crippen LogP contribution in [0.3, 0.4) is 0 Å². The van der Waals surface area contributed by atoms with E-state index in [-0.39, 0.29) is 23.1 Å². The summed E-state index contributed by atoms with van der Waals surface area (Å²) in [5, 5.41) is 3.17. The first-order valence-electron chi connectivity index (χ1n) is 16.0. The number of methoxy groups -OCH3 is 1. The lowest BCUT2D eigenvalue weighted by molar-refractivity contribution is -0.142. The van der Waals surface area contributed by atoms with Crippen LogP contribution in [-0.2, 0) is 40.8 Å². The number of nitrogens with zero attached hydrogens (tertiary/aromatic N) is 6. The van der Waals surface area contributed by atoms with Crippen LogP contribution < -0.4 is 21.3 Å². The predicted molar refractivity (Wildman–Crippen MR) is 185 cm³/mol. The molecule has 1 N–H and O–H groups in total. The van der Waals surface area contributed by atoms with E-state index in [4.69, 9.17) is 9.47 Å². The molecule has 12 heteroatoms. The molecule has 0 amide bonds. The van der Waals surface area contributed by atoms with Gasteiger partial charge in [-0.3, -0.25) is 19.0 Å². The summed E-state index contributed by atoms with van der Waals surface area (Å²) in [6, 6.07) is 9.27. The van der Waals surface area contributed by atoms with E-state index in [1.807, 2.05) is 28.8 Å². The Morgan fingerprint density at radius 2 is 1.90 bits per heavy atom. The third-order valence-electron chi connectivity index (χ3n) is 8.85. The molecular formula is C36H41N7O5. The largest absolute Gasteiger partial charge is 0.461 e. The van der Waals surface area contributed by atoms with E-state index in [1.165, 1.54) is 21.6 Å². The zero-order valence-electron chi connectivity index (χ0n) is 28.2. The molecule has 0 saturated carbocycles. The lowest BCUT2D eigenvalue weighted by Crippen LogP contribution is -2.26. The van der Waals surface area contributed by atoms with E-state index in [1.54, 1.807) is 51.1 Å². The molecule has 0 bridgehead atoms. The van der Waals surface area contributed by atoms with Crippen molar-refractivity contribution in [1.29, 1.82) is 0 Å². The Balaban J connectivity index is 1.40. The standard InChI is InChI=1S/C36H41N7O5/c1-7-41(14-15-47-6)26-8-9-32(38-20-26)39-29-16-25(21-40(5)34(29)45)27-10-11-37-33(28(27)22-48-23(2)44)43-13-12-42-30(35(43)46)17-24-18-36(3,4)19-31(24)42/h8-13,16-17,20-21H,7,14-15,18-19,22H2,1-6H3,(H,38,39). The van der Waals surface area contributed by atoms with Crippen LogP contribution >= 0.6 is 0 Å². The van der Waals surface area contributed by atoms with Gasteiger partial charge in [0, 0.05) is 75.8 Å². The topological polar surface area (TPSA) is 125 Å². The van der Waals surface area contributed by atoms with Gasteiger partial charge in [-0.05, 0) is 66.6 Å². The fourth-order valence-corrected chi connectivity index (χ4v) is 6.51. The van der Waals surface area contributed by atoms with Crippen molar-refractivity contribution in [3.05, 3.63) is 98.8 Å². The molecule has 5 aromatic heterocycles. The highest BCUT2D eigenvalue weighted by molar-refractivity contribution is 5.74. The molecule has 0 unspecified atom stereocenters. The third-order valence-corrected chi connectivity index (χ3v) is 8.85. The van der Waals surface area contributed by atoms with Gasteiger partial charge in [-0.1, -0.05) is 13.8 Å². The van der Waals surface area contributed by atoms with Gasteiger partial charge in [0.1, 0.15) is 29.4 Å². The first-order chi connectivity index (χ1) is 23.0. The van der Waals surface area contributed by atoms with Crippen molar-refractivity contribution in [3.63, 3.8) is 0 Å². The maximum Gasteiger partial charge on any atom is 0.302 e. The number of pyridine rings is 3. The summed E-state index contributed by atoms with van der Waals surface area (Å²) in [5.74, 6) is 0.386. The summed E-state index contributed by atoms with van der Waals surface area (Å²) in [5.41, 5.74) is 5.69. The monoisotopic (exact) mass is 651 g/mol. The maximum absolute atomic E-state index is 13.9. The molecule has 12 nitrogen and oxygen atoms in total. The van der Waals surface area contributed by atoms with Gasteiger partial charge in [0.15, 0.2) is 0 Å². The minimum atomic E-state index is -0.467. The average molecular weight is 652 g/mol. The number of nitrogens with one attached hydrogen (secondary N) is 1. The van der Waals surface area contributed by atoms with Gasteiger partial charge in [-0.25, -0.2) is 9.97 Å². The van der Waals surface area contributed by atoms with Gasteiger partial charge in [0.2, 0.25) is 0 Å². The van der Waals surface area contributed by atoms with Gasteiger partial charge in [-0.2, -0.15) is 0 Å². The molecule has 5 aromatic rings. The number of rotatable bonds is 11. The van der Waals surface area contributed by atoms with E-state index >= 15 is 0 Å². The molecule has 48 heavy (non-hydrogen) atoms. The van der Waals surface area contributed by atoms with Crippen LogP contribution in [0.5, 0.6) is 0 Å². The first kappa shape index (κ1) is 32.7. The molecule has 0 aliphatic heterocycles. The van der Waals surface area contributed by atoms with Crippen molar-refractivity contribution in [3.8, 4) is 16.9 Å². The second kappa shape index (κ2) is 13.1. The maximum atomic E-state index is 13.9. The number of hydrogen-bond donors (Lipinski definition) is 1. The van der Waals surface area contributed by atoms with E-state index < -0.39 is 5.97 Å². The number of ether oxygens (including phenoxy) is 2. The zero-order valence-corrected chi connectivity index (χ0v) is 28.2. The second-order valence-electron chi connectivity index (χ2n) is 13.0. The van der Waals surface area contributed by atoms with Crippen molar-refractivity contribution >= 4 is 28.7 Å². The first-order valence-corrected chi connectivity index (χ1v) is 16.0. The lowest BCUT2D eigenvalue weighted by Gasteiger charge is -2.22. The van der Waals surface area contributed by atoms with E-state index in [0.717, 1.165) is 37.3 Å².